The van der Waals surface area contributed by atoms with E-state index in [9.17, 15) is 0 Å². The van der Waals surface area contributed by atoms with Crippen molar-refractivity contribution in [1.29, 1.82) is 0 Å². The van der Waals surface area contributed by atoms with E-state index < -0.39 is 0 Å². The molecule has 0 atom stereocenters. The second-order valence-corrected chi connectivity index (χ2v) is 8.79. The number of ether oxygens (including phenoxy) is 2. The zero-order valence-corrected chi connectivity index (χ0v) is 20.1. The molecular formula is C28H27N5O3. The summed E-state index contributed by atoms with van der Waals surface area (Å²) in [5.41, 5.74) is 6.52. The van der Waals surface area contributed by atoms with Gasteiger partial charge in [0.25, 0.3) is 0 Å². The van der Waals surface area contributed by atoms with Gasteiger partial charge in [0, 0.05) is 30.8 Å². The number of anilines is 2. The van der Waals surface area contributed by atoms with E-state index in [4.69, 9.17) is 18.9 Å². The van der Waals surface area contributed by atoms with Crippen molar-refractivity contribution in [3.63, 3.8) is 0 Å². The molecule has 2 aromatic carbocycles. The fourth-order valence-corrected chi connectivity index (χ4v) is 4.58. The lowest BCUT2D eigenvalue weighted by Gasteiger charge is -2.28. The van der Waals surface area contributed by atoms with Gasteiger partial charge < -0.3 is 24.1 Å². The highest BCUT2D eigenvalue weighted by molar-refractivity contribution is 5.85. The van der Waals surface area contributed by atoms with E-state index in [2.05, 4.69) is 56.8 Å². The number of nitrogens with one attached hydrogen (secondary N) is 1. The average Bonchev–Trinajstić information content (AvgIpc) is 3.60. The predicted octanol–water partition coefficient (Wildman–Crippen LogP) is 4.58. The molecule has 36 heavy (non-hydrogen) atoms. The Morgan fingerprint density at radius 1 is 1.00 bits per heavy atom. The smallest absolute Gasteiger partial charge is 0.316 e. The molecule has 8 heteroatoms. The third-order valence-electron chi connectivity index (χ3n) is 6.55. The summed E-state index contributed by atoms with van der Waals surface area (Å²) in [4.78, 5) is 7.26. The van der Waals surface area contributed by atoms with Gasteiger partial charge in [-0.25, -0.2) is 4.98 Å². The first-order valence-corrected chi connectivity index (χ1v) is 12.1. The van der Waals surface area contributed by atoms with Crippen molar-refractivity contribution in [3.05, 3.63) is 89.1 Å². The van der Waals surface area contributed by atoms with Crippen molar-refractivity contribution in [2.24, 2.45) is 0 Å². The van der Waals surface area contributed by atoms with Crippen molar-refractivity contribution in [2.75, 3.05) is 43.6 Å². The Bertz CT molecular complexity index is 1390. The van der Waals surface area contributed by atoms with Gasteiger partial charge in [-0.05, 0) is 59.5 Å². The van der Waals surface area contributed by atoms with E-state index in [0.717, 1.165) is 72.2 Å². The van der Waals surface area contributed by atoms with Crippen molar-refractivity contribution >= 4 is 17.4 Å². The van der Waals surface area contributed by atoms with Gasteiger partial charge in [-0.15, -0.1) is 5.10 Å². The van der Waals surface area contributed by atoms with Gasteiger partial charge in [0.1, 0.15) is 11.6 Å². The second kappa shape index (κ2) is 9.83. The Morgan fingerprint density at radius 3 is 2.69 bits per heavy atom. The fourth-order valence-electron chi connectivity index (χ4n) is 4.58. The third kappa shape index (κ3) is 4.55. The van der Waals surface area contributed by atoms with Gasteiger partial charge in [0.2, 0.25) is 5.89 Å². The van der Waals surface area contributed by atoms with Crippen LogP contribution in [0.25, 0.3) is 17.0 Å². The van der Waals surface area contributed by atoms with E-state index in [-0.39, 0.29) is 0 Å². The number of fused-ring (bicyclic) bond motifs is 1. The quantitative estimate of drug-likeness (QED) is 0.411. The summed E-state index contributed by atoms with van der Waals surface area (Å²) >= 11 is 0. The van der Waals surface area contributed by atoms with Gasteiger partial charge in [0.15, 0.2) is 0 Å². The normalized spacial score (nSPS) is 14.9. The molecule has 1 fully saturated rings. The molecule has 1 saturated heterocycles. The van der Waals surface area contributed by atoms with Gasteiger partial charge in [-0.1, -0.05) is 35.4 Å². The molecule has 6 rings (SSSR count). The van der Waals surface area contributed by atoms with Crippen molar-refractivity contribution < 1.29 is 13.9 Å². The second-order valence-electron chi connectivity index (χ2n) is 8.79. The minimum absolute atomic E-state index is 0.386. The molecule has 1 N–H and O–H groups in total. The molecule has 1 aliphatic carbocycles. The monoisotopic (exact) mass is 481 g/mol. The van der Waals surface area contributed by atoms with Crippen LogP contribution in [0.1, 0.15) is 22.4 Å². The van der Waals surface area contributed by atoms with Crippen molar-refractivity contribution in [2.45, 2.75) is 13.0 Å². The highest BCUT2D eigenvalue weighted by Crippen LogP contribution is 2.35. The molecule has 0 bridgehead atoms. The van der Waals surface area contributed by atoms with Crippen LogP contribution in [0.15, 0.2) is 71.2 Å². The third-order valence-corrected chi connectivity index (χ3v) is 6.55. The summed E-state index contributed by atoms with van der Waals surface area (Å²) in [7, 11) is 1.66. The lowest BCUT2D eigenvalue weighted by molar-refractivity contribution is 0.122. The van der Waals surface area contributed by atoms with Crippen LogP contribution in [0.5, 0.6) is 5.75 Å². The van der Waals surface area contributed by atoms with E-state index >= 15 is 0 Å². The summed E-state index contributed by atoms with van der Waals surface area (Å²) in [6.07, 6.45) is 3.13. The zero-order valence-electron chi connectivity index (χ0n) is 20.1. The molecule has 0 amide bonds. The van der Waals surface area contributed by atoms with E-state index in [0.29, 0.717) is 18.5 Å². The van der Waals surface area contributed by atoms with Crippen LogP contribution in [0.2, 0.25) is 0 Å². The maximum atomic E-state index is 5.92. The lowest BCUT2D eigenvalue weighted by Crippen LogP contribution is -2.36. The van der Waals surface area contributed by atoms with Crippen molar-refractivity contribution in [3.8, 4) is 17.2 Å². The first-order chi connectivity index (χ1) is 17.8. The minimum Gasteiger partial charge on any atom is -0.497 e. The molecule has 0 unspecified atom stereocenters. The molecule has 2 aromatic heterocycles. The number of pyridine rings is 1. The van der Waals surface area contributed by atoms with Crippen molar-refractivity contribution in [1.82, 2.24) is 15.2 Å². The number of benzene rings is 2. The Kier molecular flexibility index (Phi) is 6.09. The Balaban J connectivity index is 1.19. The minimum atomic E-state index is 0.386. The molecule has 4 aromatic rings. The van der Waals surface area contributed by atoms with Crippen LogP contribution in [-0.4, -0.2) is 48.6 Å². The number of rotatable bonds is 7. The number of methoxy groups -OCH3 is 1. The van der Waals surface area contributed by atoms with Crippen LogP contribution in [0.4, 0.5) is 11.8 Å². The number of hydrogen-bond donors (Lipinski definition) is 1. The molecule has 8 nitrogen and oxygen atoms in total. The molecule has 0 radical (unpaired) electrons. The SMILES string of the molecule is COc1ccc(CNc2nnc(-c3ccc4c(c3)C(c3cccc(N5CCOCC5)n3)=CC4)o2)cc1. The topological polar surface area (TPSA) is 85.5 Å². The predicted molar refractivity (Wildman–Crippen MR) is 138 cm³/mol. The summed E-state index contributed by atoms with van der Waals surface area (Å²) in [6.45, 7) is 3.78. The molecule has 1 aliphatic heterocycles. The standard InChI is InChI=1S/C28H27N5O3/c1-34-22-10-5-19(6-11-22)18-29-28-32-31-27(36-28)21-8-7-20-9-12-23(24(20)17-21)25-3-2-4-26(30-25)33-13-15-35-16-14-33/h2-8,10-12,17H,9,13-16,18H2,1H3,(H,29,32). The van der Waals surface area contributed by atoms with E-state index in [1.165, 1.54) is 5.56 Å². The Labute approximate surface area is 209 Å². The van der Waals surface area contributed by atoms with Crippen LogP contribution >= 0.6 is 0 Å². The molecular weight excluding hydrogens is 454 g/mol. The molecule has 2 aliphatic rings. The maximum Gasteiger partial charge on any atom is 0.316 e. The molecule has 0 saturated carbocycles. The summed E-state index contributed by atoms with van der Waals surface area (Å²) in [5.74, 6) is 2.30. The maximum absolute atomic E-state index is 5.92. The summed E-state index contributed by atoms with van der Waals surface area (Å²) in [5, 5.41) is 11.6. The number of hydrogen-bond acceptors (Lipinski definition) is 8. The first kappa shape index (κ1) is 22.3. The number of allylic oxidation sites excluding steroid dienone is 1. The Hall–Kier alpha value is -4.17. The average molecular weight is 482 g/mol. The number of morpholine rings is 1. The van der Waals surface area contributed by atoms with Crippen LogP contribution in [0.3, 0.4) is 0 Å². The summed E-state index contributed by atoms with van der Waals surface area (Å²) < 4.78 is 16.6. The van der Waals surface area contributed by atoms with E-state index in [1.807, 2.05) is 30.3 Å². The summed E-state index contributed by atoms with van der Waals surface area (Å²) in [6, 6.07) is 20.8. The van der Waals surface area contributed by atoms with E-state index in [1.54, 1.807) is 7.11 Å². The number of nitrogens with zero attached hydrogens (tertiary/aromatic N) is 4. The highest BCUT2D eigenvalue weighted by atomic mass is 16.5. The van der Waals surface area contributed by atoms with Gasteiger partial charge in [0.05, 0.1) is 26.0 Å². The van der Waals surface area contributed by atoms with Crippen LogP contribution in [0, 0.1) is 0 Å². The molecule has 0 spiro atoms. The van der Waals surface area contributed by atoms with Crippen LogP contribution < -0.4 is 15.0 Å². The van der Waals surface area contributed by atoms with Gasteiger partial charge in [-0.2, -0.15) is 0 Å². The lowest BCUT2D eigenvalue weighted by atomic mass is 10.00. The first-order valence-electron chi connectivity index (χ1n) is 12.1. The van der Waals surface area contributed by atoms with Crippen LogP contribution in [-0.2, 0) is 17.7 Å². The largest absolute Gasteiger partial charge is 0.497 e. The highest BCUT2D eigenvalue weighted by Gasteiger charge is 2.20. The van der Waals surface area contributed by atoms with Gasteiger partial charge in [-0.3, -0.25) is 0 Å². The Morgan fingerprint density at radius 2 is 1.86 bits per heavy atom. The fraction of sp³-hybridized carbons (Fsp3) is 0.250. The zero-order chi connectivity index (χ0) is 24.3. The molecule has 182 valence electrons. The molecule has 3 heterocycles. The van der Waals surface area contributed by atoms with Gasteiger partial charge >= 0.3 is 6.01 Å². The number of aromatic nitrogens is 3.